The van der Waals surface area contributed by atoms with Crippen LogP contribution in [0.5, 0.6) is 0 Å². The molecule has 102 valence electrons. The third-order valence-corrected chi connectivity index (χ3v) is 4.28. The van der Waals surface area contributed by atoms with Crippen LogP contribution in [0.15, 0.2) is 39.5 Å². The molecule has 1 nitrogen and oxygen atoms in total. The molecule has 0 saturated heterocycles. The first-order chi connectivity index (χ1) is 8.86. The molecule has 0 aliphatic rings. The summed E-state index contributed by atoms with van der Waals surface area (Å²) < 4.78 is 38.3. The number of benzene rings is 1. The Morgan fingerprint density at radius 2 is 1.84 bits per heavy atom. The zero-order valence-electron chi connectivity index (χ0n) is 9.75. The van der Waals surface area contributed by atoms with Gasteiger partial charge in [-0.3, -0.25) is 0 Å². The summed E-state index contributed by atoms with van der Waals surface area (Å²) in [5.74, 6) is 0. The van der Waals surface area contributed by atoms with Crippen molar-refractivity contribution < 1.29 is 13.2 Å². The van der Waals surface area contributed by atoms with E-state index >= 15 is 0 Å². The fourth-order valence-electron chi connectivity index (χ4n) is 1.72. The lowest BCUT2D eigenvalue weighted by molar-refractivity contribution is -0.137. The molecule has 1 atom stereocenters. The van der Waals surface area contributed by atoms with E-state index in [0.29, 0.717) is 6.42 Å². The number of rotatable bonds is 3. The van der Waals surface area contributed by atoms with Crippen molar-refractivity contribution in [2.45, 2.75) is 18.6 Å². The van der Waals surface area contributed by atoms with E-state index in [1.54, 1.807) is 0 Å². The molecule has 0 fully saturated rings. The summed E-state index contributed by atoms with van der Waals surface area (Å²) in [4.78, 5) is 0. The van der Waals surface area contributed by atoms with E-state index in [9.17, 15) is 13.2 Å². The van der Waals surface area contributed by atoms with E-state index in [-0.39, 0.29) is 6.04 Å². The van der Waals surface area contributed by atoms with Gasteiger partial charge in [0.1, 0.15) is 0 Å². The number of halogens is 4. The van der Waals surface area contributed by atoms with Gasteiger partial charge in [-0.15, -0.1) is 11.3 Å². The van der Waals surface area contributed by atoms with Crippen molar-refractivity contribution in [3.63, 3.8) is 0 Å². The van der Waals surface area contributed by atoms with Crippen molar-refractivity contribution in [2.24, 2.45) is 5.73 Å². The summed E-state index contributed by atoms with van der Waals surface area (Å²) in [6.07, 6.45) is -3.78. The van der Waals surface area contributed by atoms with Gasteiger partial charge < -0.3 is 5.73 Å². The summed E-state index contributed by atoms with van der Waals surface area (Å²) in [5.41, 5.74) is 7.17. The van der Waals surface area contributed by atoms with E-state index in [2.05, 4.69) is 15.9 Å². The third kappa shape index (κ3) is 3.81. The molecule has 2 N–H and O–H groups in total. The van der Waals surface area contributed by atoms with Gasteiger partial charge in [0, 0.05) is 6.04 Å². The number of thiophene rings is 1. The second-order valence-electron chi connectivity index (χ2n) is 4.19. The third-order valence-electron chi connectivity index (χ3n) is 2.75. The van der Waals surface area contributed by atoms with Crippen molar-refractivity contribution in [3.8, 4) is 0 Å². The molecule has 2 rings (SSSR count). The Balaban J connectivity index is 2.07. The molecule has 1 aromatic heterocycles. The lowest BCUT2D eigenvalue weighted by atomic mass is 10.0. The molecule has 0 radical (unpaired) electrons. The molecule has 1 unspecified atom stereocenters. The highest BCUT2D eigenvalue weighted by Crippen LogP contribution is 2.30. The minimum Gasteiger partial charge on any atom is -0.324 e. The smallest absolute Gasteiger partial charge is 0.324 e. The van der Waals surface area contributed by atoms with Crippen LogP contribution in [0, 0.1) is 0 Å². The largest absolute Gasteiger partial charge is 0.416 e. The average molecular weight is 350 g/mol. The van der Waals surface area contributed by atoms with Crippen molar-refractivity contribution in [2.75, 3.05) is 0 Å². The second-order valence-corrected chi connectivity index (χ2v) is 6.48. The first-order valence-electron chi connectivity index (χ1n) is 5.52. The molecule has 0 aliphatic carbocycles. The van der Waals surface area contributed by atoms with Crippen LogP contribution in [0.3, 0.4) is 0 Å². The summed E-state index contributed by atoms with van der Waals surface area (Å²) in [7, 11) is 0. The van der Waals surface area contributed by atoms with Crippen molar-refractivity contribution in [1.29, 1.82) is 0 Å². The maximum Gasteiger partial charge on any atom is 0.416 e. The van der Waals surface area contributed by atoms with Crippen LogP contribution < -0.4 is 5.73 Å². The monoisotopic (exact) mass is 349 g/mol. The summed E-state index contributed by atoms with van der Waals surface area (Å²) in [6.45, 7) is 0. The zero-order valence-corrected chi connectivity index (χ0v) is 12.1. The fourth-order valence-corrected chi connectivity index (χ4v) is 2.96. The number of nitrogens with two attached hydrogens (primary N) is 1. The Labute approximate surface area is 121 Å². The Kier molecular flexibility index (Phi) is 4.32. The summed E-state index contributed by atoms with van der Waals surface area (Å²) in [5, 5.41) is 1.94. The maximum absolute atomic E-state index is 12.4. The van der Waals surface area contributed by atoms with E-state index in [1.807, 2.05) is 11.4 Å². The number of alkyl halides is 3. The molecule has 1 heterocycles. The lowest BCUT2D eigenvalue weighted by Crippen LogP contribution is -2.12. The molecular formula is C13H11BrF3NS. The van der Waals surface area contributed by atoms with Crippen LogP contribution in [0.25, 0.3) is 0 Å². The molecule has 6 heteroatoms. The molecule has 0 spiro atoms. The van der Waals surface area contributed by atoms with E-state index in [0.717, 1.165) is 27.0 Å². The Bertz CT molecular complexity index is 548. The Morgan fingerprint density at radius 3 is 2.32 bits per heavy atom. The molecule has 2 aromatic rings. The summed E-state index contributed by atoms with van der Waals surface area (Å²) in [6, 6.07) is 6.85. The van der Waals surface area contributed by atoms with Crippen LogP contribution in [0.4, 0.5) is 13.2 Å². The molecule has 0 amide bonds. The van der Waals surface area contributed by atoms with Crippen LogP contribution >= 0.6 is 27.3 Å². The van der Waals surface area contributed by atoms with Gasteiger partial charge in [-0.1, -0.05) is 12.1 Å². The quantitative estimate of drug-likeness (QED) is 0.848. The molecule has 19 heavy (non-hydrogen) atoms. The highest BCUT2D eigenvalue weighted by Gasteiger charge is 2.29. The fraction of sp³-hybridized carbons (Fsp3) is 0.231. The minimum atomic E-state index is -4.29. The first kappa shape index (κ1) is 14.6. The molecule has 0 saturated carbocycles. The molecule has 0 bridgehead atoms. The molecular weight excluding hydrogens is 339 g/mol. The number of hydrogen-bond donors (Lipinski definition) is 1. The standard InChI is InChI=1S/C13H11BrF3NS/c14-12-6-9(7-19-12)11(18)5-8-1-3-10(4-2-8)13(15,16)17/h1-4,6-7,11H,5,18H2. The van der Waals surface area contributed by atoms with Crippen LogP contribution in [0.2, 0.25) is 0 Å². The van der Waals surface area contributed by atoms with Gasteiger partial charge >= 0.3 is 6.18 Å². The second kappa shape index (κ2) is 5.64. The topological polar surface area (TPSA) is 26.0 Å². The van der Waals surface area contributed by atoms with E-state index in [4.69, 9.17) is 5.73 Å². The Morgan fingerprint density at radius 1 is 1.21 bits per heavy atom. The average Bonchev–Trinajstić information content (AvgIpc) is 2.75. The van der Waals surface area contributed by atoms with Crippen molar-refractivity contribution in [1.82, 2.24) is 0 Å². The van der Waals surface area contributed by atoms with Gasteiger partial charge in [0.25, 0.3) is 0 Å². The Hall–Kier alpha value is -0.850. The summed E-state index contributed by atoms with van der Waals surface area (Å²) >= 11 is 4.89. The van der Waals surface area contributed by atoms with Gasteiger partial charge in [-0.25, -0.2) is 0 Å². The normalized spacial score (nSPS) is 13.5. The van der Waals surface area contributed by atoms with Crippen LogP contribution in [-0.2, 0) is 12.6 Å². The zero-order chi connectivity index (χ0) is 14.0. The number of hydrogen-bond acceptors (Lipinski definition) is 2. The first-order valence-corrected chi connectivity index (χ1v) is 7.19. The maximum atomic E-state index is 12.4. The van der Waals surface area contributed by atoms with Crippen molar-refractivity contribution in [3.05, 3.63) is 56.2 Å². The van der Waals surface area contributed by atoms with Gasteiger partial charge in [0.15, 0.2) is 0 Å². The predicted octanol–water partition coefficient (Wildman–Crippen LogP) is 4.77. The van der Waals surface area contributed by atoms with Crippen LogP contribution in [0.1, 0.15) is 22.7 Å². The minimum absolute atomic E-state index is 0.209. The van der Waals surface area contributed by atoms with Crippen LogP contribution in [-0.4, -0.2) is 0 Å². The SMILES string of the molecule is NC(Cc1ccc(C(F)(F)F)cc1)c1csc(Br)c1. The molecule has 1 aromatic carbocycles. The molecule has 0 aliphatic heterocycles. The lowest BCUT2D eigenvalue weighted by Gasteiger charge is -2.11. The highest BCUT2D eigenvalue weighted by atomic mass is 79.9. The van der Waals surface area contributed by atoms with E-state index < -0.39 is 11.7 Å². The highest BCUT2D eigenvalue weighted by molar-refractivity contribution is 9.11. The van der Waals surface area contributed by atoms with Gasteiger partial charge in [0.05, 0.1) is 9.35 Å². The van der Waals surface area contributed by atoms with E-state index in [1.165, 1.54) is 23.5 Å². The van der Waals surface area contributed by atoms with Gasteiger partial charge in [-0.2, -0.15) is 13.2 Å². The predicted molar refractivity (Wildman–Crippen MR) is 74.1 cm³/mol. The van der Waals surface area contributed by atoms with Gasteiger partial charge in [0.2, 0.25) is 0 Å². The van der Waals surface area contributed by atoms with Crippen molar-refractivity contribution >= 4 is 27.3 Å². The van der Waals surface area contributed by atoms with Gasteiger partial charge in [-0.05, 0) is 57.1 Å².